The highest BCUT2D eigenvalue weighted by atomic mass is 16.7. The lowest BCUT2D eigenvalue weighted by Crippen LogP contribution is -2.32. The molecule has 1 rings (SSSR count). The number of hydrogen-bond donors (Lipinski definition) is 2. The summed E-state index contributed by atoms with van der Waals surface area (Å²) in [6.07, 6.45) is 0. The molecule has 0 unspecified atom stereocenters. The Balaban J connectivity index is 2.73. The van der Waals surface area contributed by atoms with E-state index >= 15 is 0 Å². The van der Waals surface area contributed by atoms with Crippen LogP contribution in [0.1, 0.15) is 0 Å². The number of aliphatic hydroxyl groups is 2. The largest absolute Gasteiger partial charge is 0.491 e. The molecule has 17 heavy (non-hydrogen) atoms. The number of hydrazine groups is 1. The van der Waals surface area contributed by atoms with Crippen LogP contribution in [0.25, 0.3) is 0 Å². The molecular formula is C10H14N2O5. The van der Waals surface area contributed by atoms with Crippen molar-refractivity contribution >= 4 is 5.69 Å². The minimum Gasteiger partial charge on any atom is -0.491 e. The van der Waals surface area contributed by atoms with Gasteiger partial charge >= 0.3 is 0 Å². The molecule has 0 aromatic heterocycles. The lowest BCUT2D eigenvalue weighted by molar-refractivity contribution is -0.495. The molecule has 2 N–H and O–H groups in total. The van der Waals surface area contributed by atoms with Gasteiger partial charge in [-0.2, -0.15) is 0 Å². The summed E-state index contributed by atoms with van der Waals surface area (Å²) in [5, 5.41) is 28.2. The summed E-state index contributed by atoms with van der Waals surface area (Å²) >= 11 is 0. The Kier molecular flexibility index (Phi) is 5.18. The lowest BCUT2D eigenvalue weighted by Gasteiger charge is -2.13. The number of nitro groups is 1. The number of benzene rings is 1. The van der Waals surface area contributed by atoms with Gasteiger partial charge in [0.25, 0.3) is 0 Å². The van der Waals surface area contributed by atoms with Crippen LogP contribution in [0.4, 0.5) is 5.69 Å². The quantitative estimate of drug-likeness (QED) is 0.518. The van der Waals surface area contributed by atoms with Gasteiger partial charge in [0.05, 0.1) is 13.2 Å². The number of hydrogen-bond acceptors (Lipinski definition) is 5. The van der Waals surface area contributed by atoms with Gasteiger partial charge in [0.1, 0.15) is 24.6 Å². The Morgan fingerprint density at radius 2 is 1.88 bits per heavy atom. The maximum Gasteiger partial charge on any atom is 0.165 e. The van der Waals surface area contributed by atoms with Crippen molar-refractivity contribution in [1.82, 2.24) is 0 Å². The number of anilines is 1. The van der Waals surface area contributed by atoms with Crippen LogP contribution in [0.2, 0.25) is 0 Å². The topological polar surface area (TPSA) is 96.1 Å². The zero-order valence-corrected chi connectivity index (χ0v) is 9.15. The number of ether oxygens (including phenoxy) is 1. The average molecular weight is 242 g/mol. The number of nitrogens with zero attached hydrogens (tertiary/aromatic N) is 2. The Bertz CT molecular complexity index is 354. The fourth-order valence-electron chi connectivity index (χ4n) is 1.28. The van der Waals surface area contributed by atoms with Gasteiger partial charge in [-0.05, 0) is 24.3 Å². The Hall–Kier alpha value is -1.86. The minimum atomic E-state index is -0.584. The first kappa shape index (κ1) is 13.2. The van der Waals surface area contributed by atoms with Gasteiger partial charge < -0.3 is 14.9 Å². The fraction of sp³-hybridized carbons (Fsp3) is 0.400. The SMILES string of the molecule is O=[N+]([O-])N(CCO)c1ccc(OCCO)cc1. The van der Waals surface area contributed by atoms with Crippen LogP contribution < -0.4 is 9.75 Å². The summed E-state index contributed by atoms with van der Waals surface area (Å²) < 4.78 is 5.12. The maximum atomic E-state index is 10.7. The Morgan fingerprint density at radius 1 is 1.24 bits per heavy atom. The van der Waals surface area contributed by atoms with Crippen LogP contribution in [0, 0.1) is 10.1 Å². The monoisotopic (exact) mass is 242 g/mol. The molecule has 0 aliphatic heterocycles. The van der Waals surface area contributed by atoms with Crippen molar-refractivity contribution in [2.24, 2.45) is 0 Å². The zero-order valence-electron chi connectivity index (χ0n) is 9.15. The third-order valence-corrected chi connectivity index (χ3v) is 2.00. The van der Waals surface area contributed by atoms with Gasteiger partial charge in [0.15, 0.2) is 5.03 Å². The van der Waals surface area contributed by atoms with Crippen LogP contribution in [0.15, 0.2) is 24.3 Å². The predicted octanol–water partition coefficient (Wildman–Crippen LogP) is 0.0481. The van der Waals surface area contributed by atoms with Gasteiger partial charge in [-0.1, -0.05) is 5.01 Å². The molecule has 0 fully saturated rings. The van der Waals surface area contributed by atoms with E-state index in [1.807, 2.05) is 0 Å². The second-order valence-corrected chi connectivity index (χ2v) is 3.15. The molecule has 0 spiro atoms. The second kappa shape index (κ2) is 6.66. The van der Waals surface area contributed by atoms with Gasteiger partial charge in [0, 0.05) is 0 Å². The standard InChI is InChI=1S/C10H14N2O5/c13-6-5-11(12(15)16)9-1-3-10(4-2-9)17-8-7-14/h1-4,13-14H,5-8H2. The molecule has 0 radical (unpaired) electrons. The first-order chi connectivity index (χ1) is 8.19. The van der Waals surface area contributed by atoms with E-state index < -0.39 is 5.03 Å². The Morgan fingerprint density at radius 3 is 2.35 bits per heavy atom. The number of aliphatic hydroxyl groups excluding tert-OH is 2. The van der Waals surface area contributed by atoms with Crippen molar-refractivity contribution < 1.29 is 20.0 Å². The van der Waals surface area contributed by atoms with E-state index in [0.29, 0.717) is 11.4 Å². The molecule has 1 aromatic rings. The third kappa shape index (κ3) is 3.89. The van der Waals surface area contributed by atoms with Crippen molar-refractivity contribution in [3.05, 3.63) is 34.4 Å². The summed E-state index contributed by atoms with van der Waals surface area (Å²) in [6, 6.07) is 6.17. The molecule has 0 amide bonds. The van der Waals surface area contributed by atoms with Crippen molar-refractivity contribution in [3.8, 4) is 5.75 Å². The molecule has 7 heteroatoms. The highest BCUT2D eigenvalue weighted by molar-refractivity contribution is 5.46. The van der Waals surface area contributed by atoms with E-state index in [0.717, 1.165) is 5.01 Å². The summed E-state index contributed by atoms with van der Waals surface area (Å²) in [6.45, 7) is -0.296. The Labute approximate surface area is 98.0 Å². The van der Waals surface area contributed by atoms with Gasteiger partial charge in [0.2, 0.25) is 0 Å². The van der Waals surface area contributed by atoms with Crippen LogP contribution in [-0.2, 0) is 0 Å². The molecule has 0 aliphatic rings. The molecule has 0 bridgehead atoms. The van der Waals surface area contributed by atoms with Gasteiger partial charge in [-0.3, -0.25) is 0 Å². The first-order valence-corrected chi connectivity index (χ1v) is 5.05. The molecule has 0 heterocycles. The van der Waals surface area contributed by atoms with Crippen LogP contribution in [-0.4, -0.2) is 41.6 Å². The van der Waals surface area contributed by atoms with Gasteiger partial charge in [-0.25, -0.2) is 10.1 Å². The van der Waals surface area contributed by atoms with Crippen LogP contribution in [0.3, 0.4) is 0 Å². The van der Waals surface area contributed by atoms with E-state index in [9.17, 15) is 10.1 Å². The summed E-state index contributed by atoms with van der Waals surface area (Å²) in [5.74, 6) is 0.523. The van der Waals surface area contributed by atoms with Crippen LogP contribution in [0.5, 0.6) is 5.75 Å². The average Bonchev–Trinajstić information content (AvgIpc) is 2.34. The molecule has 94 valence electrons. The zero-order chi connectivity index (χ0) is 12.7. The molecule has 7 nitrogen and oxygen atoms in total. The van der Waals surface area contributed by atoms with Crippen molar-refractivity contribution in [2.45, 2.75) is 0 Å². The summed E-state index contributed by atoms with van der Waals surface area (Å²) in [7, 11) is 0. The molecule has 1 aromatic carbocycles. The minimum absolute atomic E-state index is 0.0795. The van der Waals surface area contributed by atoms with Crippen molar-refractivity contribution in [1.29, 1.82) is 0 Å². The maximum absolute atomic E-state index is 10.7. The normalized spacial score (nSPS) is 10.0. The first-order valence-electron chi connectivity index (χ1n) is 5.05. The van der Waals surface area contributed by atoms with Crippen molar-refractivity contribution in [3.63, 3.8) is 0 Å². The van der Waals surface area contributed by atoms with Gasteiger partial charge in [-0.15, -0.1) is 0 Å². The molecule has 0 saturated heterocycles. The second-order valence-electron chi connectivity index (χ2n) is 3.15. The van der Waals surface area contributed by atoms with Crippen molar-refractivity contribution in [2.75, 3.05) is 31.4 Å². The third-order valence-electron chi connectivity index (χ3n) is 2.00. The smallest absolute Gasteiger partial charge is 0.165 e. The highest BCUT2D eigenvalue weighted by Crippen LogP contribution is 2.19. The highest BCUT2D eigenvalue weighted by Gasteiger charge is 2.15. The molecule has 0 aliphatic carbocycles. The van der Waals surface area contributed by atoms with E-state index in [4.69, 9.17) is 14.9 Å². The molecule has 0 saturated carbocycles. The molecular weight excluding hydrogens is 228 g/mol. The van der Waals surface area contributed by atoms with E-state index in [1.165, 1.54) is 12.1 Å². The van der Waals surface area contributed by atoms with E-state index in [-0.39, 0.29) is 26.4 Å². The van der Waals surface area contributed by atoms with E-state index in [2.05, 4.69) is 0 Å². The lowest BCUT2D eigenvalue weighted by atomic mass is 10.3. The predicted molar refractivity (Wildman–Crippen MR) is 60.4 cm³/mol. The molecule has 0 atom stereocenters. The summed E-state index contributed by atoms with van der Waals surface area (Å²) in [5.41, 5.74) is 0.361. The van der Waals surface area contributed by atoms with E-state index in [1.54, 1.807) is 12.1 Å². The summed E-state index contributed by atoms with van der Waals surface area (Å²) in [4.78, 5) is 10.7. The number of rotatable bonds is 7. The van der Waals surface area contributed by atoms with Crippen LogP contribution >= 0.6 is 0 Å². The fourth-order valence-corrected chi connectivity index (χ4v) is 1.28.